The number of amides is 1. The summed E-state index contributed by atoms with van der Waals surface area (Å²) in [6.07, 6.45) is 0. The Kier molecular flexibility index (Phi) is 6.74. The highest BCUT2D eigenvalue weighted by Gasteiger charge is 2.18. The summed E-state index contributed by atoms with van der Waals surface area (Å²) >= 11 is 7.36. The van der Waals surface area contributed by atoms with Crippen LogP contribution in [0.15, 0.2) is 53.9 Å². The largest absolute Gasteiger partial charge is 0.495 e. The summed E-state index contributed by atoms with van der Waals surface area (Å²) in [6.45, 7) is -0.447. The van der Waals surface area contributed by atoms with Crippen molar-refractivity contribution in [2.45, 2.75) is 0 Å². The van der Waals surface area contributed by atoms with E-state index in [4.69, 9.17) is 25.8 Å². The van der Waals surface area contributed by atoms with Gasteiger partial charge in [-0.15, -0.1) is 11.3 Å². The molecule has 0 saturated carbocycles. The molecule has 1 amide bonds. The van der Waals surface area contributed by atoms with Crippen LogP contribution in [0.5, 0.6) is 11.5 Å². The molecule has 3 aromatic rings. The third kappa shape index (κ3) is 4.88. The Morgan fingerprint density at radius 2 is 1.76 bits per heavy atom. The first-order valence-corrected chi connectivity index (χ1v) is 9.80. The van der Waals surface area contributed by atoms with E-state index >= 15 is 0 Å². The van der Waals surface area contributed by atoms with Crippen molar-refractivity contribution in [3.8, 4) is 22.6 Å². The number of hydrogen-bond acceptors (Lipinski definition) is 6. The van der Waals surface area contributed by atoms with Crippen LogP contribution in [0.1, 0.15) is 9.67 Å². The fraction of sp³-hybridized carbons (Fsp3) is 0.143. The topological polar surface area (TPSA) is 73.9 Å². The summed E-state index contributed by atoms with van der Waals surface area (Å²) in [6, 6.07) is 14.4. The first kappa shape index (κ1) is 20.7. The lowest BCUT2D eigenvalue weighted by atomic mass is 10.1. The van der Waals surface area contributed by atoms with Crippen LogP contribution in [-0.4, -0.2) is 32.7 Å². The standard InChI is InChI=1S/C21H18ClNO5S/c1-26-17-11-18(27-2)16(10-15(17)22)23-19(24)12-28-21(25)20-14(8-9-29-20)13-6-4-3-5-7-13/h3-11H,12H2,1-2H3,(H,23,24). The molecule has 3 rings (SSSR count). The van der Waals surface area contributed by atoms with E-state index in [2.05, 4.69) is 5.32 Å². The summed E-state index contributed by atoms with van der Waals surface area (Å²) in [5.41, 5.74) is 2.02. The average Bonchev–Trinajstić information content (AvgIpc) is 3.23. The van der Waals surface area contributed by atoms with Crippen molar-refractivity contribution in [3.05, 3.63) is 63.8 Å². The molecule has 1 N–H and O–H groups in total. The number of carbonyl (C=O) groups excluding carboxylic acids is 2. The van der Waals surface area contributed by atoms with Crippen LogP contribution in [0.4, 0.5) is 5.69 Å². The number of ether oxygens (including phenoxy) is 3. The van der Waals surface area contributed by atoms with Gasteiger partial charge >= 0.3 is 5.97 Å². The van der Waals surface area contributed by atoms with Gasteiger partial charge in [0.25, 0.3) is 5.91 Å². The lowest BCUT2D eigenvalue weighted by molar-refractivity contribution is -0.119. The fourth-order valence-electron chi connectivity index (χ4n) is 2.65. The second-order valence-corrected chi connectivity index (χ2v) is 7.16. The highest BCUT2D eigenvalue weighted by Crippen LogP contribution is 2.36. The maximum atomic E-state index is 12.5. The molecular weight excluding hydrogens is 414 g/mol. The molecule has 2 aromatic carbocycles. The molecule has 29 heavy (non-hydrogen) atoms. The lowest BCUT2D eigenvalue weighted by Gasteiger charge is -2.13. The van der Waals surface area contributed by atoms with Crippen molar-refractivity contribution in [1.82, 2.24) is 0 Å². The number of benzene rings is 2. The fourth-order valence-corrected chi connectivity index (χ4v) is 3.70. The van der Waals surface area contributed by atoms with Gasteiger partial charge < -0.3 is 19.5 Å². The Balaban J connectivity index is 1.66. The number of halogens is 1. The minimum absolute atomic E-state index is 0.312. The van der Waals surface area contributed by atoms with Crippen LogP contribution in [0.3, 0.4) is 0 Å². The molecule has 0 aliphatic heterocycles. The van der Waals surface area contributed by atoms with E-state index in [1.165, 1.54) is 31.6 Å². The van der Waals surface area contributed by atoms with Gasteiger partial charge in [0.2, 0.25) is 0 Å². The summed E-state index contributed by atoms with van der Waals surface area (Å²) in [4.78, 5) is 25.2. The van der Waals surface area contributed by atoms with Gasteiger partial charge in [-0.3, -0.25) is 4.79 Å². The van der Waals surface area contributed by atoms with Gasteiger partial charge in [0.05, 0.1) is 24.9 Å². The molecule has 0 aliphatic carbocycles. The predicted octanol–water partition coefficient (Wildman–Crippen LogP) is 4.88. The quantitative estimate of drug-likeness (QED) is 0.539. The molecular formula is C21H18ClNO5S. The van der Waals surface area contributed by atoms with Crippen LogP contribution >= 0.6 is 22.9 Å². The van der Waals surface area contributed by atoms with Crippen molar-refractivity contribution in [2.75, 3.05) is 26.1 Å². The van der Waals surface area contributed by atoms with Gasteiger partial charge in [0, 0.05) is 11.6 Å². The Morgan fingerprint density at radius 3 is 2.45 bits per heavy atom. The lowest BCUT2D eigenvalue weighted by Crippen LogP contribution is -2.21. The Labute approximate surface area is 177 Å². The molecule has 1 aromatic heterocycles. The molecule has 0 unspecified atom stereocenters. The maximum Gasteiger partial charge on any atom is 0.349 e. The van der Waals surface area contributed by atoms with Crippen LogP contribution in [0.25, 0.3) is 11.1 Å². The Morgan fingerprint density at radius 1 is 1.03 bits per heavy atom. The number of nitrogens with one attached hydrogen (secondary N) is 1. The molecule has 0 saturated heterocycles. The van der Waals surface area contributed by atoms with E-state index in [9.17, 15) is 9.59 Å². The number of esters is 1. The van der Waals surface area contributed by atoms with Crippen molar-refractivity contribution in [2.24, 2.45) is 0 Å². The zero-order valence-electron chi connectivity index (χ0n) is 15.7. The summed E-state index contributed by atoms with van der Waals surface area (Å²) < 4.78 is 15.5. The second kappa shape index (κ2) is 9.45. The SMILES string of the molecule is COc1cc(OC)c(NC(=O)COC(=O)c2sccc2-c2ccccc2)cc1Cl. The summed E-state index contributed by atoms with van der Waals surface area (Å²) in [5, 5.41) is 4.74. The number of carbonyl (C=O) groups is 2. The van der Waals surface area contributed by atoms with Crippen LogP contribution in [0.2, 0.25) is 5.02 Å². The van der Waals surface area contributed by atoms with Crippen LogP contribution in [-0.2, 0) is 9.53 Å². The number of methoxy groups -OCH3 is 2. The third-order valence-electron chi connectivity index (χ3n) is 4.02. The zero-order chi connectivity index (χ0) is 20.8. The first-order valence-electron chi connectivity index (χ1n) is 8.55. The van der Waals surface area contributed by atoms with Crippen LogP contribution < -0.4 is 14.8 Å². The van der Waals surface area contributed by atoms with E-state index in [0.29, 0.717) is 27.1 Å². The second-order valence-electron chi connectivity index (χ2n) is 5.84. The van der Waals surface area contributed by atoms with Crippen molar-refractivity contribution in [3.63, 3.8) is 0 Å². The third-order valence-corrected chi connectivity index (χ3v) is 5.21. The summed E-state index contributed by atoms with van der Waals surface area (Å²) in [7, 11) is 2.94. The van der Waals surface area contributed by atoms with Gasteiger partial charge in [-0.25, -0.2) is 4.79 Å². The van der Waals surface area contributed by atoms with Gasteiger partial charge in [0.1, 0.15) is 16.4 Å². The number of thiophene rings is 1. The average molecular weight is 432 g/mol. The number of anilines is 1. The maximum absolute atomic E-state index is 12.5. The van der Waals surface area contributed by atoms with Gasteiger partial charge in [-0.05, 0) is 23.1 Å². The van der Waals surface area contributed by atoms with E-state index < -0.39 is 18.5 Å². The van der Waals surface area contributed by atoms with Crippen molar-refractivity contribution >= 4 is 40.5 Å². The highest BCUT2D eigenvalue weighted by atomic mass is 35.5. The molecule has 0 aliphatic rings. The molecule has 0 atom stereocenters. The van der Waals surface area contributed by atoms with Gasteiger partial charge in [-0.1, -0.05) is 41.9 Å². The van der Waals surface area contributed by atoms with Crippen molar-refractivity contribution < 1.29 is 23.8 Å². The molecule has 8 heteroatoms. The molecule has 6 nitrogen and oxygen atoms in total. The normalized spacial score (nSPS) is 10.3. The molecule has 0 bridgehead atoms. The van der Waals surface area contributed by atoms with E-state index in [1.807, 2.05) is 41.8 Å². The number of rotatable bonds is 7. The van der Waals surface area contributed by atoms with Crippen LogP contribution in [0, 0.1) is 0 Å². The number of hydrogen-bond donors (Lipinski definition) is 1. The highest BCUT2D eigenvalue weighted by molar-refractivity contribution is 7.12. The monoisotopic (exact) mass is 431 g/mol. The van der Waals surface area contributed by atoms with Crippen molar-refractivity contribution in [1.29, 1.82) is 0 Å². The molecule has 1 heterocycles. The van der Waals surface area contributed by atoms with E-state index in [-0.39, 0.29) is 0 Å². The Hall–Kier alpha value is -3.03. The van der Waals surface area contributed by atoms with Gasteiger partial charge in [-0.2, -0.15) is 0 Å². The minimum atomic E-state index is -0.561. The minimum Gasteiger partial charge on any atom is -0.495 e. The molecule has 0 radical (unpaired) electrons. The summed E-state index contributed by atoms with van der Waals surface area (Å²) in [5.74, 6) is -0.293. The molecule has 0 fully saturated rings. The zero-order valence-corrected chi connectivity index (χ0v) is 17.3. The van der Waals surface area contributed by atoms with E-state index in [0.717, 1.165) is 11.1 Å². The van der Waals surface area contributed by atoms with Gasteiger partial charge in [0.15, 0.2) is 6.61 Å². The molecule has 150 valence electrons. The smallest absolute Gasteiger partial charge is 0.349 e. The predicted molar refractivity (Wildman–Crippen MR) is 113 cm³/mol. The molecule has 0 spiro atoms. The Bertz CT molecular complexity index is 1020. The first-order chi connectivity index (χ1) is 14.0. The van der Waals surface area contributed by atoms with E-state index in [1.54, 1.807) is 6.07 Å².